The summed E-state index contributed by atoms with van der Waals surface area (Å²) in [5, 5.41) is 2.12. The Labute approximate surface area is 174 Å². The molecule has 4 aromatic rings. The first-order valence-corrected chi connectivity index (χ1v) is 10.9. The van der Waals surface area contributed by atoms with Crippen LogP contribution in [0.1, 0.15) is 26.6 Å². The third kappa shape index (κ3) is 4.21. The zero-order chi connectivity index (χ0) is 20.4. The molecule has 29 heavy (non-hydrogen) atoms. The molecule has 2 heterocycles. The topological polar surface area (TPSA) is 68.0 Å². The van der Waals surface area contributed by atoms with Crippen LogP contribution in [0.5, 0.6) is 0 Å². The molecule has 0 radical (unpaired) electrons. The lowest BCUT2D eigenvalue weighted by molar-refractivity contribution is -0.935. The van der Waals surface area contributed by atoms with Crippen molar-refractivity contribution in [2.75, 3.05) is 6.54 Å². The number of imidazole rings is 1. The second-order valence-corrected chi connectivity index (χ2v) is 8.99. The van der Waals surface area contributed by atoms with E-state index in [1.54, 1.807) is 11.8 Å². The van der Waals surface area contributed by atoms with E-state index in [-0.39, 0.29) is 5.56 Å². The number of nitrogens with zero attached hydrogens (tertiary/aromatic N) is 3. The molecule has 0 aliphatic carbocycles. The average molecular weight is 409 g/mol. The molecule has 150 valence electrons. The van der Waals surface area contributed by atoms with Crippen molar-refractivity contribution in [3.05, 3.63) is 64.7 Å². The summed E-state index contributed by atoms with van der Waals surface area (Å²) in [5.74, 6) is 0.716. The first kappa shape index (κ1) is 19.7. The second-order valence-electron chi connectivity index (χ2n) is 7.45. The lowest BCUT2D eigenvalue weighted by Gasteiger charge is -2.20. The van der Waals surface area contributed by atoms with Gasteiger partial charge in [0.1, 0.15) is 6.54 Å². The fraction of sp³-hybridized carbons (Fsp3) is 0.318. The van der Waals surface area contributed by atoms with Gasteiger partial charge in [-0.15, -0.1) is 0 Å². The smallest absolute Gasteiger partial charge is 0.258 e. The Hall–Kier alpha value is -2.64. The van der Waals surface area contributed by atoms with Crippen LogP contribution in [0.15, 0.2) is 58.5 Å². The molecule has 0 aliphatic heterocycles. The number of aromatic amines is 1. The van der Waals surface area contributed by atoms with Crippen LogP contribution < -0.4 is 10.5 Å². The maximum atomic E-state index is 12.4. The van der Waals surface area contributed by atoms with Gasteiger partial charge in [0.15, 0.2) is 17.6 Å². The first-order valence-electron chi connectivity index (χ1n) is 9.98. The quantitative estimate of drug-likeness (QED) is 0.462. The molecule has 1 atom stereocenters. The Morgan fingerprint density at radius 2 is 1.79 bits per heavy atom. The standard InChI is InChI=1S/C22H25N5OS/c1-4-26(13-20-23-17-10-6-5-9-16(17)21(28)25-20)14-27-19-12-8-7-11-18(19)24-22(27)29-15(2)3/h5-12,15H,4,13-14H2,1-3H3,(H,23,25,28)/p+1. The number of para-hydroxylation sites is 3. The fourth-order valence-corrected chi connectivity index (χ4v) is 4.34. The molecule has 0 saturated heterocycles. The fourth-order valence-electron chi connectivity index (χ4n) is 3.48. The Morgan fingerprint density at radius 3 is 2.55 bits per heavy atom. The van der Waals surface area contributed by atoms with Crippen molar-refractivity contribution in [1.82, 2.24) is 19.5 Å². The Kier molecular flexibility index (Phi) is 5.69. The summed E-state index contributed by atoms with van der Waals surface area (Å²) in [7, 11) is 0. The number of H-pyrrole nitrogens is 1. The van der Waals surface area contributed by atoms with Crippen LogP contribution >= 0.6 is 11.8 Å². The number of fused-ring (bicyclic) bond motifs is 2. The molecule has 0 fully saturated rings. The van der Waals surface area contributed by atoms with Gasteiger partial charge in [0, 0.05) is 5.25 Å². The van der Waals surface area contributed by atoms with Crippen LogP contribution in [-0.2, 0) is 13.2 Å². The molecule has 2 aromatic carbocycles. The van der Waals surface area contributed by atoms with E-state index in [0.29, 0.717) is 23.0 Å². The van der Waals surface area contributed by atoms with Gasteiger partial charge >= 0.3 is 0 Å². The third-order valence-electron chi connectivity index (χ3n) is 4.92. The lowest BCUT2D eigenvalue weighted by atomic mass is 10.2. The van der Waals surface area contributed by atoms with Crippen molar-refractivity contribution in [3.8, 4) is 0 Å². The van der Waals surface area contributed by atoms with Crippen molar-refractivity contribution in [1.29, 1.82) is 0 Å². The maximum absolute atomic E-state index is 12.4. The average Bonchev–Trinajstić information content (AvgIpc) is 3.04. The van der Waals surface area contributed by atoms with E-state index in [0.717, 1.165) is 34.9 Å². The zero-order valence-corrected chi connectivity index (χ0v) is 17.8. The van der Waals surface area contributed by atoms with Gasteiger partial charge in [-0.2, -0.15) is 0 Å². The van der Waals surface area contributed by atoms with E-state index in [4.69, 9.17) is 4.98 Å². The molecule has 1 unspecified atom stereocenters. The van der Waals surface area contributed by atoms with Crippen LogP contribution in [0.2, 0.25) is 0 Å². The highest BCUT2D eigenvalue weighted by Gasteiger charge is 2.18. The summed E-state index contributed by atoms with van der Waals surface area (Å²) in [5.41, 5.74) is 2.82. The minimum Gasteiger partial charge on any atom is -0.311 e. The van der Waals surface area contributed by atoms with Gasteiger partial charge in [-0.1, -0.05) is 49.9 Å². The van der Waals surface area contributed by atoms with Crippen LogP contribution in [0.3, 0.4) is 0 Å². The molecule has 0 saturated carbocycles. The summed E-state index contributed by atoms with van der Waals surface area (Å²) in [6, 6.07) is 15.7. The van der Waals surface area contributed by atoms with Gasteiger partial charge in [-0.05, 0) is 31.2 Å². The highest BCUT2D eigenvalue weighted by Crippen LogP contribution is 2.26. The molecule has 2 N–H and O–H groups in total. The number of quaternary nitrogens is 1. The largest absolute Gasteiger partial charge is 0.311 e. The number of thioether (sulfide) groups is 1. The van der Waals surface area contributed by atoms with Gasteiger partial charge in [-0.25, -0.2) is 9.97 Å². The number of nitrogens with one attached hydrogen (secondary N) is 2. The number of aromatic nitrogens is 4. The molecular weight excluding hydrogens is 382 g/mol. The van der Waals surface area contributed by atoms with Gasteiger partial charge in [0.05, 0.1) is 28.5 Å². The second kappa shape index (κ2) is 8.39. The van der Waals surface area contributed by atoms with Crippen LogP contribution in [-0.4, -0.2) is 31.3 Å². The molecule has 6 nitrogen and oxygen atoms in total. The number of benzene rings is 2. The predicted octanol–water partition coefficient (Wildman–Crippen LogP) is 2.84. The van der Waals surface area contributed by atoms with Crippen molar-refractivity contribution in [2.24, 2.45) is 0 Å². The van der Waals surface area contributed by atoms with E-state index >= 15 is 0 Å². The molecule has 0 spiro atoms. The Morgan fingerprint density at radius 1 is 1.07 bits per heavy atom. The minimum atomic E-state index is -0.0785. The molecule has 0 amide bonds. The number of rotatable bonds is 7. The highest BCUT2D eigenvalue weighted by molar-refractivity contribution is 7.99. The van der Waals surface area contributed by atoms with E-state index in [1.165, 1.54) is 4.90 Å². The molecular formula is C22H26N5OS+. The third-order valence-corrected chi connectivity index (χ3v) is 5.92. The summed E-state index contributed by atoms with van der Waals surface area (Å²) in [6.45, 7) is 8.85. The van der Waals surface area contributed by atoms with Gasteiger partial charge in [0.2, 0.25) is 0 Å². The van der Waals surface area contributed by atoms with E-state index in [9.17, 15) is 4.79 Å². The predicted molar refractivity (Wildman–Crippen MR) is 118 cm³/mol. The zero-order valence-electron chi connectivity index (χ0n) is 17.0. The molecule has 2 aromatic heterocycles. The number of hydrogen-bond donors (Lipinski definition) is 2. The van der Waals surface area contributed by atoms with Crippen molar-refractivity contribution >= 4 is 33.7 Å². The Bertz CT molecular complexity index is 1200. The Balaban J connectivity index is 1.65. The van der Waals surface area contributed by atoms with Crippen LogP contribution in [0, 0.1) is 0 Å². The van der Waals surface area contributed by atoms with Crippen molar-refractivity contribution in [2.45, 2.75) is 44.4 Å². The van der Waals surface area contributed by atoms with Crippen LogP contribution in [0.25, 0.3) is 21.9 Å². The van der Waals surface area contributed by atoms with Gasteiger partial charge < -0.3 is 9.88 Å². The molecule has 7 heteroatoms. The SMILES string of the molecule is CC[NH+](Cc1nc2ccccc2c(=O)[nH]1)Cn1c(SC(C)C)nc2ccccc21. The summed E-state index contributed by atoms with van der Waals surface area (Å²) in [4.78, 5) is 26.2. The lowest BCUT2D eigenvalue weighted by Crippen LogP contribution is -3.09. The van der Waals surface area contributed by atoms with E-state index in [1.807, 2.05) is 30.3 Å². The summed E-state index contributed by atoms with van der Waals surface area (Å²) < 4.78 is 2.29. The number of hydrogen-bond acceptors (Lipinski definition) is 4. The molecule has 0 aliphatic rings. The van der Waals surface area contributed by atoms with Crippen molar-refractivity contribution in [3.63, 3.8) is 0 Å². The highest BCUT2D eigenvalue weighted by atomic mass is 32.2. The first-order chi connectivity index (χ1) is 14.0. The minimum absolute atomic E-state index is 0.0785. The van der Waals surface area contributed by atoms with Crippen LogP contribution in [0.4, 0.5) is 0 Å². The maximum Gasteiger partial charge on any atom is 0.258 e. The summed E-state index contributed by atoms with van der Waals surface area (Å²) >= 11 is 1.78. The molecule has 0 bridgehead atoms. The van der Waals surface area contributed by atoms with E-state index in [2.05, 4.69) is 53.5 Å². The summed E-state index contributed by atoms with van der Waals surface area (Å²) in [6.07, 6.45) is 0. The monoisotopic (exact) mass is 408 g/mol. The normalized spacial score (nSPS) is 12.8. The van der Waals surface area contributed by atoms with Gasteiger partial charge in [-0.3, -0.25) is 9.36 Å². The molecule has 4 rings (SSSR count). The van der Waals surface area contributed by atoms with Crippen molar-refractivity contribution < 1.29 is 4.90 Å². The van der Waals surface area contributed by atoms with Gasteiger partial charge in [0.25, 0.3) is 5.56 Å². The van der Waals surface area contributed by atoms with E-state index < -0.39 is 0 Å².